The summed E-state index contributed by atoms with van der Waals surface area (Å²) in [6.07, 6.45) is 2.98. The Morgan fingerprint density at radius 3 is 2.33 bits per heavy atom. The molecule has 0 atom stereocenters. The van der Waals surface area contributed by atoms with Gasteiger partial charge in [0.15, 0.2) is 0 Å². The van der Waals surface area contributed by atoms with E-state index in [1.165, 1.54) is 18.2 Å². The predicted molar refractivity (Wildman–Crippen MR) is 64.0 cm³/mol. The molecule has 1 fully saturated rings. The topological polar surface area (TPSA) is 93.4 Å². The molecule has 0 spiro atoms. The van der Waals surface area contributed by atoms with E-state index < -0.39 is 11.4 Å². The molecule has 0 radical (unpaired) electrons. The third kappa shape index (κ3) is 2.09. The van der Waals surface area contributed by atoms with Crippen molar-refractivity contribution < 1.29 is 15.0 Å². The average Bonchev–Trinajstić information content (AvgIpc) is 2.78. The maximum Gasteiger partial charge on any atom is 0.260 e. The van der Waals surface area contributed by atoms with Crippen molar-refractivity contribution in [3.63, 3.8) is 0 Å². The highest BCUT2D eigenvalue weighted by Crippen LogP contribution is 2.31. The number of phenolic OH excluding ortho intramolecular Hbond substituents is 2. The number of hydrogen-bond acceptors (Lipinski definition) is 4. The monoisotopic (exact) mass is 246 g/mol. The zero-order valence-electron chi connectivity index (χ0n) is 9.81. The molecule has 1 aliphatic carbocycles. The molecule has 0 aliphatic heterocycles. The minimum atomic E-state index is -0.869. The average molecular weight is 246 g/mol. The first-order valence-electron chi connectivity index (χ1n) is 5.83. The summed E-state index contributed by atoms with van der Waals surface area (Å²) >= 11 is 0. The summed E-state index contributed by atoms with van der Waals surface area (Å²) in [7, 11) is 0. The van der Waals surface area contributed by atoms with Gasteiger partial charge in [-0.2, -0.15) is 5.26 Å². The molecule has 0 aromatic heterocycles. The van der Waals surface area contributed by atoms with Crippen LogP contribution in [0.25, 0.3) is 0 Å². The van der Waals surface area contributed by atoms with Crippen LogP contribution in [0.1, 0.15) is 36.0 Å². The zero-order valence-corrected chi connectivity index (χ0v) is 9.81. The van der Waals surface area contributed by atoms with E-state index in [9.17, 15) is 15.0 Å². The highest BCUT2D eigenvalue weighted by Gasteiger charge is 2.36. The van der Waals surface area contributed by atoms with Crippen molar-refractivity contribution in [3.8, 4) is 17.6 Å². The fourth-order valence-electron chi connectivity index (χ4n) is 2.28. The molecule has 5 nitrogen and oxygen atoms in total. The van der Waals surface area contributed by atoms with Crippen LogP contribution in [0.15, 0.2) is 18.2 Å². The fraction of sp³-hybridized carbons (Fsp3) is 0.385. The first-order chi connectivity index (χ1) is 8.58. The van der Waals surface area contributed by atoms with Crippen molar-refractivity contribution in [2.24, 2.45) is 0 Å². The van der Waals surface area contributed by atoms with E-state index in [0.29, 0.717) is 12.8 Å². The molecule has 1 amide bonds. The van der Waals surface area contributed by atoms with Gasteiger partial charge in [0, 0.05) is 0 Å². The Kier molecular flexibility index (Phi) is 3.11. The molecular formula is C13H14N2O3. The molecule has 0 saturated heterocycles. The van der Waals surface area contributed by atoms with Crippen LogP contribution in [-0.2, 0) is 0 Å². The molecule has 1 saturated carbocycles. The van der Waals surface area contributed by atoms with Crippen LogP contribution in [0, 0.1) is 11.3 Å². The van der Waals surface area contributed by atoms with Crippen molar-refractivity contribution in [3.05, 3.63) is 23.8 Å². The fourth-order valence-corrected chi connectivity index (χ4v) is 2.28. The number of phenols is 2. The van der Waals surface area contributed by atoms with Gasteiger partial charge in [-0.05, 0) is 37.8 Å². The van der Waals surface area contributed by atoms with Gasteiger partial charge < -0.3 is 15.5 Å². The Morgan fingerprint density at radius 1 is 1.28 bits per heavy atom. The molecule has 0 heterocycles. The van der Waals surface area contributed by atoms with Gasteiger partial charge in [0.25, 0.3) is 5.91 Å². The first-order valence-corrected chi connectivity index (χ1v) is 5.83. The van der Waals surface area contributed by atoms with Crippen LogP contribution in [-0.4, -0.2) is 21.7 Å². The second kappa shape index (κ2) is 4.57. The van der Waals surface area contributed by atoms with E-state index in [2.05, 4.69) is 11.4 Å². The van der Waals surface area contributed by atoms with E-state index in [1.54, 1.807) is 0 Å². The summed E-state index contributed by atoms with van der Waals surface area (Å²) in [6, 6.07) is 6.21. The molecule has 3 N–H and O–H groups in total. The Balaban J connectivity index is 2.25. The number of nitrogens with one attached hydrogen (secondary N) is 1. The predicted octanol–water partition coefficient (Wildman–Crippen LogP) is 1.66. The van der Waals surface area contributed by atoms with E-state index in [-0.39, 0.29) is 17.1 Å². The highest BCUT2D eigenvalue weighted by molar-refractivity contribution is 6.00. The third-order valence-electron chi connectivity index (χ3n) is 3.27. The van der Waals surface area contributed by atoms with Crippen molar-refractivity contribution in [1.82, 2.24) is 5.32 Å². The minimum absolute atomic E-state index is 0.181. The first kappa shape index (κ1) is 12.2. The lowest BCUT2D eigenvalue weighted by atomic mass is 9.99. The smallest absolute Gasteiger partial charge is 0.260 e. The van der Waals surface area contributed by atoms with Gasteiger partial charge in [-0.1, -0.05) is 6.07 Å². The number of nitriles is 1. The van der Waals surface area contributed by atoms with E-state index in [1.807, 2.05) is 0 Å². The zero-order chi connectivity index (χ0) is 13.2. The molecular weight excluding hydrogens is 232 g/mol. The van der Waals surface area contributed by atoms with Crippen LogP contribution >= 0.6 is 0 Å². The molecule has 94 valence electrons. The Morgan fingerprint density at radius 2 is 1.83 bits per heavy atom. The van der Waals surface area contributed by atoms with Crippen molar-refractivity contribution in [2.75, 3.05) is 0 Å². The molecule has 0 bridgehead atoms. The summed E-state index contributed by atoms with van der Waals surface area (Å²) in [5.41, 5.74) is -1.05. The quantitative estimate of drug-likeness (QED) is 0.739. The van der Waals surface area contributed by atoms with Crippen molar-refractivity contribution in [2.45, 2.75) is 31.2 Å². The summed E-state index contributed by atoms with van der Waals surface area (Å²) in [5, 5.41) is 31.0. The van der Waals surface area contributed by atoms with Crippen LogP contribution in [0.5, 0.6) is 11.5 Å². The lowest BCUT2D eigenvalue weighted by molar-refractivity contribution is 0.0915. The maximum absolute atomic E-state index is 12.0. The van der Waals surface area contributed by atoms with Crippen molar-refractivity contribution in [1.29, 1.82) is 5.26 Å². The number of rotatable bonds is 2. The van der Waals surface area contributed by atoms with E-state index in [0.717, 1.165) is 12.8 Å². The number of nitrogens with zero attached hydrogens (tertiary/aromatic N) is 1. The van der Waals surface area contributed by atoms with Gasteiger partial charge in [-0.3, -0.25) is 4.79 Å². The molecule has 18 heavy (non-hydrogen) atoms. The van der Waals surface area contributed by atoms with Gasteiger partial charge in [0.2, 0.25) is 0 Å². The van der Waals surface area contributed by atoms with Gasteiger partial charge in [-0.25, -0.2) is 0 Å². The molecule has 1 aromatic carbocycles. The Bertz CT molecular complexity index is 493. The number of aromatic hydroxyl groups is 2. The number of benzene rings is 1. The van der Waals surface area contributed by atoms with Gasteiger partial charge in [0.1, 0.15) is 22.6 Å². The molecule has 1 aliphatic rings. The summed E-state index contributed by atoms with van der Waals surface area (Å²) < 4.78 is 0. The van der Waals surface area contributed by atoms with Gasteiger partial charge >= 0.3 is 0 Å². The highest BCUT2D eigenvalue weighted by atomic mass is 16.3. The van der Waals surface area contributed by atoms with Crippen LogP contribution in [0.2, 0.25) is 0 Å². The molecule has 5 heteroatoms. The second-order valence-electron chi connectivity index (χ2n) is 4.53. The van der Waals surface area contributed by atoms with E-state index >= 15 is 0 Å². The SMILES string of the molecule is N#CC1(NC(=O)c2c(O)cccc2O)CCCC1. The van der Waals surface area contributed by atoms with Crippen LogP contribution in [0.4, 0.5) is 0 Å². The number of amides is 1. The molecule has 0 unspecified atom stereocenters. The normalized spacial score (nSPS) is 17.1. The summed E-state index contributed by atoms with van der Waals surface area (Å²) in [5.74, 6) is -1.20. The Hall–Kier alpha value is -2.22. The lowest BCUT2D eigenvalue weighted by Gasteiger charge is -2.22. The van der Waals surface area contributed by atoms with Crippen molar-refractivity contribution >= 4 is 5.91 Å². The second-order valence-corrected chi connectivity index (χ2v) is 4.53. The molecule has 2 rings (SSSR count). The Labute approximate surface area is 105 Å². The van der Waals surface area contributed by atoms with E-state index in [4.69, 9.17) is 5.26 Å². The van der Waals surface area contributed by atoms with Crippen LogP contribution in [0.3, 0.4) is 0 Å². The van der Waals surface area contributed by atoms with Gasteiger partial charge in [0.05, 0.1) is 6.07 Å². The van der Waals surface area contributed by atoms with Crippen LogP contribution < -0.4 is 5.32 Å². The molecule has 1 aromatic rings. The number of carbonyl (C=O) groups is 1. The largest absolute Gasteiger partial charge is 0.507 e. The third-order valence-corrected chi connectivity index (χ3v) is 3.27. The lowest BCUT2D eigenvalue weighted by Crippen LogP contribution is -2.45. The minimum Gasteiger partial charge on any atom is -0.507 e. The maximum atomic E-state index is 12.0. The summed E-state index contributed by atoms with van der Waals surface area (Å²) in [4.78, 5) is 12.0. The standard InChI is InChI=1S/C13H14N2O3/c14-8-13(6-1-2-7-13)15-12(18)11-9(16)4-3-5-10(11)17/h3-5,16-17H,1-2,6-7H2,(H,15,18). The number of hydrogen-bond donors (Lipinski definition) is 3. The number of carbonyl (C=O) groups excluding carboxylic acids is 1. The summed E-state index contributed by atoms with van der Waals surface area (Å²) in [6.45, 7) is 0. The van der Waals surface area contributed by atoms with Gasteiger partial charge in [-0.15, -0.1) is 0 Å².